The van der Waals surface area contributed by atoms with Crippen molar-refractivity contribution in [3.05, 3.63) is 29.3 Å². The summed E-state index contributed by atoms with van der Waals surface area (Å²) in [5, 5.41) is 30.2. The summed E-state index contributed by atoms with van der Waals surface area (Å²) in [6, 6.07) is 5.87. The summed E-state index contributed by atoms with van der Waals surface area (Å²) < 4.78 is 0. The largest absolute Gasteiger partial charge is 0.504 e. The summed E-state index contributed by atoms with van der Waals surface area (Å²) in [7, 11) is 0. The van der Waals surface area contributed by atoms with Gasteiger partial charge in [-0.2, -0.15) is 5.26 Å². The lowest BCUT2D eigenvalue weighted by molar-refractivity contribution is -0.118. The van der Waals surface area contributed by atoms with E-state index in [0.717, 1.165) is 0 Å². The third-order valence-electron chi connectivity index (χ3n) is 2.16. The standard InChI is InChI=1S/C14H16N2O3/c1-14(2,3)16-13(19)10(8-15)6-9-4-5-11(17)12(18)7-9/h4-7,17-18H,1-3H3,(H,16,19)/b10-6+. The van der Waals surface area contributed by atoms with Crippen LogP contribution in [0.1, 0.15) is 26.3 Å². The van der Waals surface area contributed by atoms with Gasteiger partial charge in [0.1, 0.15) is 11.6 Å². The van der Waals surface area contributed by atoms with Crippen LogP contribution in [0.4, 0.5) is 0 Å². The number of hydrogen-bond donors (Lipinski definition) is 3. The summed E-state index contributed by atoms with van der Waals surface area (Å²) >= 11 is 0. The monoisotopic (exact) mass is 260 g/mol. The van der Waals surface area contributed by atoms with Gasteiger partial charge >= 0.3 is 0 Å². The number of benzene rings is 1. The second-order valence-electron chi connectivity index (χ2n) is 5.12. The molecule has 1 rings (SSSR count). The average molecular weight is 260 g/mol. The van der Waals surface area contributed by atoms with Crippen LogP contribution in [0.5, 0.6) is 11.5 Å². The minimum Gasteiger partial charge on any atom is -0.504 e. The molecule has 19 heavy (non-hydrogen) atoms. The Morgan fingerprint density at radius 3 is 2.42 bits per heavy atom. The number of phenolic OH excluding ortho intramolecular Hbond substituents is 2. The first kappa shape index (κ1) is 14.6. The molecule has 0 aliphatic heterocycles. The van der Waals surface area contributed by atoms with E-state index in [-0.39, 0.29) is 17.1 Å². The molecule has 1 aromatic rings. The molecule has 0 heterocycles. The SMILES string of the molecule is CC(C)(C)NC(=O)/C(C#N)=C/c1ccc(O)c(O)c1. The molecule has 0 unspecified atom stereocenters. The van der Waals surface area contributed by atoms with Crippen LogP contribution < -0.4 is 5.32 Å². The molecular formula is C14H16N2O3. The summed E-state index contributed by atoms with van der Waals surface area (Å²) in [5.41, 5.74) is -0.0552. The van der Waals surface area contributed by atoms with E-state index >= 15 is 0 Å². The Morgan fingerprint density at radius 1 is 1.32 bits per heavy atom. The number of amides is 1. The fraction of sp³-hybridized carbons (Fsp3) is 0.286. The molecule has 0 aromatic heterocycles. The molecule has 0 atom stereocenters. The lowest BCUT2D eigenvalue weighted by Gasteiger charge is -2.20. The maximum Gasteiger partial charge on any atom is 0.262 e. The zero-order chi connectivity index (χ0) is 14.6. The summed E-state index contributed by atoms with van der Waals surface area (Å²) in [5.74, 6) is -1.04. The van der Waals surface area contributed by atoms with Gasteiger partial charge in [-0.15, -0.1) is 0 Å². The Hall–Kier alpha value is -2.48. The molecule has 0 radical (unpaired) electrons. The van der Waals surface area contributed by atoms with Gasteiger partial charge in [-0.05, 0) is 44.5 Å². The second kappa shape index (κ2) is 5.44. The van der Waals surface area contributed by atoms with Crippen molar-refractivity contribution in [1.29, 1.82) is 5.26 Å². The molecule has 5 nitrogen and oxygen atoms in total. The van der Waals surface area contributed by atoms with Crippen LogP contribution in [-0.2, 0) is 4.79 Å². The Kier molecular flexibility index (Phi) is 4.18. The quantitative estimate of drug-likeness (QED) is 0.430. The highest BCUT2D eigenvalue weighted by molar-refractivity contribution is 6.02. The first-order valence-corrected chi connectivity index (χ1v) is 5.69. The number of rotatable bonds is 2. The average Bonchev–Trinajstić information content (AvgIpc) is 2.28. The van der Waals surface area contributed by atoms with Gasteiger partial charge < -0.3 is 15.5 Å². The van der Waals surface area contributed by atoms with Gasteiger partial charge in [0.2, 0.25) is 0 Å². The van der Waals surface area contributed by atoms with Crippen LogP contribution in [0, 0.1) is 11.3 Å². The summed E-state index contributed by atoms with van der Waals surface area (Å²) in [6.07, 6.45) is 1.35. The highest BCUT2D eigenvalue weighted by atomic mass is 16.3. The zero-order valence-electron chi connectivity index (χ0n) is 11.1. The minimum atomic E-state index is -0.484. The molecule has 1 amide bonds. The first-order chi connectivity index (χ1) is 8.73. The Balaban J connectivity index is 3.03. The van der Waals surface area contributed by atoms with Crippen LogP contribution in [0.25, 0.3) is 6.08 Å². The van der Waals surface area contributed by atoms with Crippen LogP contribution >= 0.6 is 0 Å². The van der Waals surface area contributed by atoms with E-state index in [0.29, 0.717) is 5.56 Å². The van der Waals surface area contributed by atoms with Gasteiger partial charge in [-0.1, -0.05) is 6.07 Å². The van der Waals surface area contributed by atoms with Crippen molar-refractivity contribution in [1.82, 2.24) is 5.32 Å². The van der Waals surface area contributed by atoms with Crippen LogP contribution in [-0.4, -0.2) is 21.7 Å². The van der Waals surface area contributed by atoms with Crippen LogP contribution in [0.2, 0.25) is 0 Å². The second-order valence-corrected chi connectivity index (χ2v) is 5.12. The number of phenols is 2. The highest BCUT2D eigenvalue weighted by Crippen LogP contribution is 2.25. The summed E-state index contributed by atoms with van der Waals surface area (Å²) in [6.45, 7) is 5.44. The predicted octanol–water partition coefficient (Wildman–Crippen LogP) is 1.92. The predicted molar refractivity (Wildman–Crippen MR) is 71.3 cm³/mol. The van der Waals surface area contributed by atoms with Crippen molar-refractivity contribution in [3.8, 4) is 17.6 Å². The lowest BCUT2D eigenvalue weighted by Crippen LogP contribution is -2.41. The zero-order valence-corrected chi connectivity index (χ0v) is 11.1. The van der Waals surface area contributed by atoms with Gasteiger partial charge in [0.05, 0.1) is 0 Å². The van der Waals surface area contributed by atoms with Gasteiger partial charge in [-0.25, -0.2) is 0 Å². The number of carbonyl (C=O) groups excluding carboxylic acids is 1. The summed E-state index contributed by atoms with van der Waals surface area (Å²) in [4.78, 5) is 11.8. The third-order valence-corrected chi connectivity index (χ3v) is 2.16. The molecule has 3 N–H and O–H groups in total. The smallest absolute Gasteiger partial charge is 0.262 e. The molecular weight excluding hydrogens is 244 g/mol. The van der Waals surface area contributed by atoms with Crippen molar-refractivity contribution in [2.45, 2.75) is 26.3 Å². The fourth-order valence-corrected chi connectivity index (χ4v) is 1.35. The first-order valence-electron chi connectivity index (χ1n) is 5.69. The normalized spacial score (nSPS) is 11.8. The molecule has 100 valence electrons. The number of carbonyl (C=O) groups is 1. The molecule has 0 aliphatic rings. The number of aromatic hydroxyl groups is 2. The number of nitriles is 1. The minimum absolute atomic E-state index is 0.0694. The van der Waals surface area contributed by atoms with Crippen molar-refractivity contribution >= 4 is 12.0 Å². The van der Waals surface area contributed by atoms with Gasteiger partial charge in [0, 0.05) is 5.54 Å². The molecule has 0 saturated heterocycles. The lowest BCUT2D eigenvalue weighted by atomic mass is 10.1. The topological polar surface area (TPSA) is 93.4 Å². The van der Waals surface area contributed by atoms with Crippen molar-refractivity contribution in [3.63, 3.8) is 0 Å². The molecule has 0 saturated carbocycles. The Morgan fingerprint density at radius 2 is 1.95 bits per heavy atom. The Bertz CT molecular complexity index is 563. The van der Waals surface area contributed by atoms with Crippen LogP contribution in [0.15, 0.2) is 23.8 Å². The maximum atomic E-state index is 11.8. The molecule has 0 spiro atoms. The van der Waals surface area contributed by atoms with Crippen molar-refractivity contribution in [2.24, 2.45) is 0 Å². The van der Waals surface area contributed by atoms with E-state index in [9.17, 15) is 15.0 Å². The fourth-order valence-electron chi connectivity index (χ4n) is 1.35. The molecule has 1 aromatic carbocycles. The maximum absolute atomic E-state index is 11.8. The van der Waals surface area contributed by atoms with E-state index in [1.165, 1.54) is 24.3 Å². The number of hydrogen-bond acceptors (Lipinski definition) is 4. The van der Waals surface area contributed by atoms with Gasteiger partial charge in [0.25, 0.3) is 5.91 Å². The number of nitrogens with one attached hydrogen (secondary N) is 1. The van der Waals surface area contributed by atoms with E-state index in [2.05, 4.69) is 5.32 Å². The van der Waals surface area contributed by atoms with Gasteiger partial charge in [0.15, 0.2) is 11.5 Å². The molecule has 0 aliphatic carbocycles. The van der Waals surface area contributed by atoms with E-state index in [4.69, 9.17) is 5.26 Å². The van der Waals surface area contributed by atoms with E-state index in [1.807, 2.05) is 26.8 Å². The molecule has 0 bridgehead atoms. The Labute approximate surface area is 111 Å². The van der Waals surface area contributed by atoms with Gasteiger partial charge in [-0.3, -0.25) is 4.79 Å². The molecule has 5 heteroatoms. The number of nitrogens with zero attached hydrogens (tertiary/aromatic N) is 1. The molecule has 0 fully saturated rings. The third kappa shape index (κ3) is 4.36. The van der Waals surface area contributed by atoms with Crippen molar-refractivity contribution in [2.75, 3.05) is 0 Å². The van der Waals surface area contributed by atoms with E-state index in [1.54, 1.807) is 0 Å². The van der Waals surface area contributed by atoms with Crippen molar-refractivity contribution < 1.29 is 15.0 Å². The highest BCUT2D eigenvalue weighted by Gasteiger charge is 2.17. The van der Waals surface area contributed by atoms with E-state index < -0.39 is 11.4 Å². The van der Waals surface area contributed by atoms with Crippen LogP contribution in [0.3, 0.4) is 0 Å².